The van der Waals surface area contributed by atoms with Crippen molar-refractivity contribution in [2.24, 2.45) is 10.9 Å². The van der Waals surface area contributed by atoms with Gasteiger partial charge in [0.15, 0.2) is 15.8 Å². The van der Waals surface area contributed by atoms with Gasteiger partial charge in [0.1, 0.15) is 0 Å². The molecule has 5 nitrogen and oxygen atoms in total. The van der Waals surface area contributed by atoms with Gasteiger partial charge in [-0.05, 0) is 17.9 Å². The van der Waals surface area contributed by atoms with Crippen LogP contribution in [0.2, 0.25) is 0 Å². The van der Waals surface area contributed by atoms with Gasteiger partial charge in [-0.2, -0.15) is 0 Å². The largest absolute Gasteiger partial charge is 0.356 e. The lowest BCUT2D eigenvalue weighted by Crippen LogP contribution is -2.44. The van der Waals surface area contributed by atoms with Crippen molar-refractivity contribution in [1.82, 2.24) is 10.6 Å². The smallest absolute Gasteiger partial charge is 0.191 e. The SMILES string of the molecule is CN=C(NCC1CCS(=O)(=O)C1)NCC(C)(C)c1ccccc1. The highest BCUT2D eigenvalue weighted by molar-refractivity contribution is 7.91. The van der Waals surface area contributed by atoms with Crippen LogP contribution < -0.4 is 10.6 Å². The summed E-state index contributed by atoms with van der Waals surface area (Å²) >= 11 is 0. The molecule has 2 N–H and O–H groups in total. The zero-order valence-corrected chi connectivity index (χ0v) is 15.0. The van der Waals surface area contributed by atoms with Crippen LogP contribution in [-0.4, -0.2) is 46.0 Å². The summed E-state index contributed by atoms with van der Waals surface area (Å²) in [6.07, 6.45) is 0.738. The zero-order chi connectivity index (χ0) is 16.9. The monoisotopic (exact) mass is 337 g/mol. The maximum absolute atomic E-state index is 11.5. The van der Waals surface area contributed by atoms with E-state index in [1.807, 2.05) is 18.2 Å². The first-order valence-electron chi connectivity index (χ1n) is 8.03. The van der Waals surface area contributed by atoms with Crippen molar-refractivity contribution in [1.29, 1.82) is 0 Å². The molecule has 1 aliphatic heterocycles. The standard InChI is InChI=1S/C17H27N3O2S/c1-17(2,15-7-5-4-6-8-15)13-20-16(18-3)19-11-14-9-10-23(21,22)12-14/h4-8,14H,9-13H2,1-3H3,(H2,18,19,20). The first kappa shape index (κ1) is 17.8. The molecule has 1 aliphatic rings. The summed E-state index contributed by atoms with van der Waals surface area (Å²) in [4.78, 5) is 4.23. The van der Waals surface area contributed by atoms with Gasteiger partial charge in [0, 0.05) is 25.6 Å². The van der Waals surface area contributed by atoms with E-state index in [9.17, 15) is 8.42 Å². The number of nitrogens with zero attached hydrogens (tertiary/aromatic N) is 1. The average molecular weight is 337 g/mol. The highest BCUT2D eigenvalue weighted by Gasteiger charge is 2.28. The molecule has 1 atom stereocenters. The third kappa shape index (κ3) is 5.23. The topological polar surface area (TPSA) is 70.6 Å². The Hall–Kier alpha value is -1.56. The van der Waals surface area contributed by atoms with E-state index in [-0.39, 0.29) is 17.1 Å². The molecule has 1 fully saturated rings. The van der Waals surface area contributed by atoms with Crippen molar-refractivity contribution in [3.05, 3.63) is 35.9 Å². The van der Waals surface area contributed by atoms with E-state index in [4.69, 9.17) is 0 Å². The summed E-state index contributed by atoms with van der Waals surface area (Å²) in [6.45, 7) is 5.77. The van der Waals surface area contributed by atoms with Crippen molar-refractivity contribution in [2.45, 2.75) is 25.7 Å². The van der Waals surface area contributed by atoms with Gasteiger partial charge in [-0.25, -0.2) is 8.42 Å². The molecule has 0 aromatic heterocycles. The number of hydrogen-bond acceptors (Lipinski definition) is 3. The van der Waals surface area contributed by atoms with Crippen LogP contribution >= 0.6 is 0 Å². The molecule has 23 heavy (non-hydrogen) atoms. The Morgan fingerprint density at radius 1 is 1.26 bits per heavy atom. The van der Waals surface area contributed by atoms with Crippen LogP contribution in [0, 0.1) is 5.92 Å². The van der Waals surface area contributed by atoms with Crippen LogP contribution in [0.4, 0.5) is 0 Å². The van der Waals surface area contributed by atoms with Crippen LogP contribution in [0.15, 0.2) is 35.3 Å². The molecule has 2 rings (SSSR count). The van der Waals surface area contributed by atoms with Gasteiger partial charge in [0.05, 0.1) is 11.5 Å². The number of nitrogens with one attached hydrogen (secondary N) is 2. The number of rotatable bonds is 5. The van der Waals surface area contributed by atoms with E-state index in [1.165, 1.54) is 5.56 Å². The predicted molar refractivity (Wildman–Crippen MR) is 95.6 cm³/mol. The van der Waals surface area contributed by atoms with E-state index < -0.39 is 9.84 Å². The molecular formula is C17H27N3O2S. The van der Waals surface area contributed by atoms with E-state index in [2.05, 4.69) is 41.6 Å². The highest BCUT2D eigenvalue weighted by Crippen LogP contribution is 2.21. The van der Waals surface area contributed by atoms with Gasteiger partial charge in [-0.15, -0.1) is 0 Å². The van der Waals surface area contributed by atoms with E-state index in [1.54, 1.807) is 7.05 Å². The molecule has 0 saturated carbocycles. The molecule has 0 amide bonds. The normalized spacial score (nSPS) is 21.2. The van der Waals surface area contributed by atoms with Gasteiger partial charge in [0.25, 0.3) is 0 Å². The second kappa shape index (κ2) is 7.34. The van der Waals surface area contributed by atoms with Crippen molar-refractivity contribution >= 4 is 15.8 Å². The fraction of sp³-hybridized carbons (Fsp3) is 0.588. The Balaban J connectivity index is 1.83. The number of sulfone groups is 1. The fourth-order valence-electron chi connectivity index (χ4n) is 2.79. The Kier molecular flexibility index (Phi) is 5.68. The minimum atomic E-state index is -2.82. The maximum atomic E-state index is 11.5. The summed E-state index contributed by atoms with van der Waals surface area (Å²) in [5.41, 5.74) is 1.25. The van der Waals surface area contributed by atoms with Crippen molar-refractivity contribution in [2.75, 3.05) is 31.6 Å². The molecule has 0 bridgehead atoms. The second-order valence-corrected chi connectivity index (χ2v) is 9.05. The van der Waals surface area contributed by atoms with Gasteiger partial charge in [0.2, 0.25) is 0 Å². The Morgan fingerprint density at radius 3 is 2.52 bits per heavy atom. The molecule has 1 aromatic rings. The second-order valence-electron chi connectivity index (χ2n) is 6.83. The van der Waals surface area contributed by atoms with Crippen LogP contribution in [0.3, 0.4) is 0 Å². The van der Waals surface area contributed by atoms with Gasteiger partial charge >= 0.3 is 0 Å². The first-order valence-corrected chi connectivity index (χ1v) is 9.85. The summed E-state index contributed by atoms with van der Waals surface area (Å²) in [7, 11) is -1.09. The van der Waals surface area contributed by atoms with Crippen LogP contribution in [-0.2, 0) is 15.3 Å². The summed E-state index contributed by atoms with van der Waals surface area (Å²) in [5, 5.41) is 6.59. The minimum absolute atomic E-state index is 0.0183. The van der Waals surface area contributed by atoms with Crippen molar-refractivity contribution in [3.8, 4) is 0 Å². The molecule has 128 valence electrons. The first-order chi connectivity index (χ1) is 10.8. The quantitative estimate of drug-likeness (QED) is 0.632. The lowest BCUT2D eigenvalue weighted by atomic mass is 9.85. The predicted octanol–water partition coefficient (Wildman–Crippen LogP) is 1.56. The number of aliphatic imine (C=N–C) groups is 1. The van der Waals surface area contributed by atoms with Crippen molar-refractivity contribution < 1.29 is 8.42 Å². The van der Waals surface area contributed by atoms with Gasteiger partial charge in [-0.1, -0.05) is 44.2 Å². The minimum Gasteiger partial charge on any atom is -0.356 e. The van der Waals surface area contributed by atoms with E-state index >= 15 is 0 Å². The Bertz CT molecular complexity index is 639. The zero-order valence-electron chi connectivity index (χ0n) is 14.2. The van der Waals surface area contributed by atoms with Crippen molar-refractivity contribution in [3.63, 3.8) is 0 Å². The summed E-state index contributed by atoms with van der Waals surface area (Å²) in [6, 6.07) is 10.4. The molecule has 0 aliphatic carbocycles. The molecule has 6 heteroatoms. The number of benzene rings is 1. The molecule has 1 heterocycles. The Morgan fingerprint density at radius 2 is 1.96 bits per heavy atom. The van der Waals surface area contributed by atoms with Crippen LogP contribution in [0.5, 0.6) is 0 Å². The number of guanidine groups is 1. The highest BCUT2D eigenvalue weighted by atomic mass is 32.2. The lowest BCUT2D eigenvalue weighted by Gasteiger charge is -2.27. The third-order valence-corrected chi connectivity index (χ3v) is 6.20. The summed E-state index contributed by atoms with van der Waals surface area (Å²) in [5.74, 6) is 1.50. The molecule has 0 radical (unpaired) electrons. The number of hydrogen-bond donors (Lipinski definition) is 2. The lowest BCUT2D eigenvalue weighted by molar-refractivity contribution is 0.503. The molecular weight excluding hydrogens is 310 g/mol. The fourth-order valence-corrected chi connectivity index (χ4v) is 4.65. The Labute approximate surface area is 139 Å². The molecule has 1 saturated heterocycles. The van der Waals surface area contributed by atoms with E-state index in [0.717, 1.165) is 18.9 Å². The van der Waals surface area contributed by atoms with Crippen LogP contribution in [0.25, 0.3) is 0 Å². The van der Waals surface area contributed by atoms with E-state index in [0.29, 0.717) is 12.3 Å². The van der Waals surface area contributed by atoms with Gasteiger partial charge in [-0.3, -0.25) is 4.99 Å². The molecule has 0 spiro atoms. The van der Waals surface area contributed by atoms with Gasteiger partial charge < -0.3 is 10.6 Å². The molecule has 1 aromatic carbocycles. The summed E-state index contributed by atoms with van der Waals surface area (Å²) < 4.78 is 23.0. The average Bonchev–Trinajstić information content (AvgIpc) is 2.87. The maximum Gasteiger partial charge on any atom is 0.191 e. The van der Waals surface area contributed by atoms with Crippen LogP contribution in [0.1, 0.15) is 25.8 Å². The molecule has 1 unspecified atom stereocenters. The third-order valence-electron chi connectivity index (χ3n) is 4.36.